The second-order valence-corrected chi connectivity index (χ2v) is 10.9. The van der Waals surface area contributed by atoms with Crippen LogP contribution in [0.25, 0.3) is 17.2 Å². The molecule has 0 spiro atoms. The molecule has 228 valence electrons. The second-order valence-electron chi connectivity index (χ2n) is 10.5. The molecule has 13 heteroatoms. The Morgan fingerprint density at radius 2 is 1.93 bits per heavy atom. The number of urea groups is 1. The van der Waals surface area contributed by atoms with E-state index in [-0.39, 0.29) is 49.0 Å². The average molecular weight is 619 g/mol. The largest absolute Gasteiger partial charge is 0.478 e. The number of ether oxygens (including phenoxy) is 3. The van der Waals surface area contributed by atoms with Crippen LogP contribution >= 0.6 is 11.6 Å². The molecule has 2 aromatic heterocycles. The maximum absolute atomic E-state index is 12.2. The lowest BCUT2D eigenvalue weighted by atomic mass is 10.1. The third-order valence-electron chi connectivity index (χ3n) is 7.75. The number of nitrogens with zero attached hydrogens (tertiary/aromatic N) is 4. The Morgan fingerprint density at radius 3 is 2.73 bits per heavy atom. The number of carboxylic acids is 1. The van der Waals surface area contributed by atoms with Gasteiger partial charge < -0.3 is 29.2 Å². The first kappa shape index (κ1) is 29.7. The van der Waals surface area contributed by atoms with E-state index in [9.17, 15) is 14.7 Å². The number of carbonyl (C=O) groups is 2. The van der Waals surface area contributed by atoms with Crippen LogP contribution in [0.1, 0.15) is 40.9 Å². The van der Waals surface area contributed by atoms with Crippen molar-refractivity contribution in [2.75, 3.05) is 18.5 Å². The summed E-state index contributed by atoms with van der Waals surface area (Å²) in [5.41, 5.74) is 2.55. The number of nitrogens with one attached hydrogen (secondary N) is 2. The normalized spacial score (nSPS) is 22.8. The summed E-state index contributed by atoms with van der Waals surface area (Å²) in [6.45, 7) is 2.61. The Bertz CT molecular complexity index is 1680. The molecule has 2 amide bonds. The van der Waals surface area contributed by atoms with Crippen LogP contribution in [-0.4, -0.2) is 68.3 Å². The molecule has 0 bridgehead atoms. The maximum Gasteiger partial charge on any atom is 0.336 e. The molecule has 2 aliphatic rings. The van der Waals surface area contributed by atoms with Crippen molar-refractivity contribution in [3.8, 4) is 0 Å². The van der Waals surface area contributed by atoms with Crippen LogP contribution in [-0.2, 0) is 20.8 Å². The van der Waals surface area contributed by atoms with Crippen LogP contribution < -0.4 is 10.6 Å². The van der Waals surface area contributed by atoms with E-state index in [1.54, 1.807) is 18.5 Å². The van der Waals surface area contributed by atoms with E-state index in [2.05, 4.69) is 25.6 Å². The van der Waals surface area contributed by atoms with Crippen molar-refractivity contribution in [2.45, 2.75) is 44.5 Å². The highest BCUT2D eigenvalue weighted by Crippen LogP contribution is 2.45. The number of hydrogen-bond acceptors (Lipinski definition) is 8. The lowest BCUT2D eigenvalue weighted by molar-refractivity contribution is -0.0586. The Kier molecular flexibility index (Phi) is 8.84. The zero-order valence-corrected chi connectivity index (χ0v) is 24.6. The summed E-state index contributed by atoms with van der Waals surface area (Å²) in [7, 11) is 0. The number of benzene rings is 2. The smallest absolute Gasteiger partial charge is 0.336 e. The van der Waals surface area contributed by atoms with Gasteiger partial charge in [-0.2, -0.15) is 0 Å². The third kappa shape index (κ3) is 6.15. The van der Waals surface area contributed by atoms with E-state index in [1.807, 2.05) is 54.0 Å². The van der Waals surface area contributed by atoms with E-state index >= 15 is 0 Å². The van der Waals surface area contributed by atoms with Gasteiger partial charge in [0.05, 0.1) is 37.3 Å². The van der Waals surface area contributed by atoms with Crippen molar-refractivity contribution < 1.29 is 28.9 Å². The van der Waals surface area contributed by atoms with Crippen LogP contribution in [0, 0.1) is 5.92 Å². The summed E-state index contributed by atoms with van der Waals surface area (Å²) in [5.74, 6) is -0.860. The first-order valence-corrected chi connectivity index (χ1v) is 14.7. The summed E-state index contributed by atoms with van der Waals surface area (Å²) in [4.78, 5) is 37.1. The van der Waals surface area contributed by atoms with Crippen LogP contribution in [0.15, 0.2) is 67.3 Å². The fraction of sp³-hybridized carbons (Fsp3) is 0.323. The summed E-state index contributed by atoms with van der Waals surface area (Å²) >= 11 is 6.32. The Morgan fingerprint density at radius 1 is 1.11 bits per heavy atom. The van der Waals surface area contributed by atoms with Crippen molar-refractivity contribution in [1.29, 1.82) is 0 Å². The Labute approximate surface area is 258 Å². The molecule has 5 atom stereocenters. The van der Waals surface area contributed by atoms with Crippen LogP contribution in [0.5, 0.6) is 0 Å². The van der Waals surface area contributed by atoms with Gasteiger partial charge in [0.25, 0.3) is 0 Å². The van der Waals surface area contributed by atoms with Gasteiger partial charge in [0.1, 0.15) is 12.4 Å². The molecule has 44 heavy (non-hydrogen) atoms. The predicted molar refractivity (Wildman–Crippen MR) is 162 cm³/mol. The van der Waals surface area contributed by atoms with Crippen LogP contribution in [0.3, 0.4) is 0 Å². The van der Waals surface area contributed by atoms with Crippen molar-refractivity contribution in [2.24, 2.45) is 5.92 Å². The van der Waals surface area contributed by atoms with E-state index in [1.165, 1.54) is 12.4 Å². The highest BCUT2D eigenvalue weighted by molar-refractivity contribution is 6.31. The van der Waals surface area contributed by atoms with E-state index in [4.69, 9.17) is 25.8 Å². The molecule has 2 aromatic carbocycles. The van der Waals surface area contributed by atoms with Gasteiger partial charge in [0.15, 0.2) is 23.3 Å². The van der Waals surface area contributed by atoms with Crippen LogP contribution in [0.2, 0.25) is 5.02 Å². The summed E-state index contributed by atoms with van der Waals surface area (Å²) in [6.07, 6.45) is 6.26. The number of amides is 2. The van der Waals surface area contributed by atoms with Gasteiger partial charge in [-0.05, 0) is 37.1 Å². The first-order valence-electron chi connectivity index (χ1n) is 14.3. The lowest BCUT2D eigenvalue weighted by Gasteiger charge is -2.20. The molecular weight excluding hydrogens is 588 g/mol. The van der Waals surface area contributed by atoms with Gasteiger partial charge in [-0.15, -0.1) is 0 Å². The standard InChI is InChI=1S/C31H31ClN6O6/c1-2-33-31(41)37-28-25-29(35-16-34-28)38(17-36-25)23-13-19(14-42-15-21-20(30(39)40)9-6-10-22(21)32)26-27(23)44-24(43-26)12-11-18-7-4-3-5-8-18/h3-12,16-17,19,23-24,26-27H,2,13-15H2,1H3,(H,39,40)(H2,33,34,35,37,41)/t19?,23?,24-,26-,27?/m1/s1. The molecular formula is C31H31ClN6O6. The van der Waals surface area contributed by atoms with E-state index in [0.29, 0.717) is 40.5 Å². The Hall–Kier alpha value is -4.36. The number of hydrogen-bond donors (Lipinski definition) is 3. The van der Waals surface area contributed by atoms with Crippen molar-refractivity contribution in [1.82, 2.24) is 24.8 Å². The van der Waals surface area contributed by atoms with Gasteiger partial charge in [-0.3, -0.25) is 5.32 Å². The number of aromatic carboxylic acids is 1. The van der Waals surface area contributed by atoms with Gasteiger partial charge in [-0.1, -0.05) is 54.1 Å². The van der Waals surface area contributed by atoms with Gasteiger partial charge >= 0.3 is 12.0 Å². The molecule has 1 saturated carbocycles. The SMILES string of the molecule is CCNC(=O)Nc1ncnc2c1ncn2C1CC(COCc2c(Cl)cccc2C(=O)O)[C@H]2O[C@@H](C=Cc3ccccc3)OC12. The van der Waals surface area contributed by atoms with Gasteiger partial charge in [0.2, 0.25) is 0 Å². The highest BCUT2D eigenvalue weighted by Gasteiger charge is 2.52. The molecule has 12 nitrogen and oxygen atoms in total. The average Bonchev–Trinajstić information content (AvgIpc) is 3.72. The van der Waals surface area contributed by atoms with Gasteiger partial charge in [0, 0.05) is 23.0 Å². The van der Waals surface area contributed by atoms with Gasteiger partial charge in [-0.25, -0.2) is 24.5 Å². The molecule has 3 unspecified atom stereocenters. The number of carboxylic acid groups (broad SMARTS) is 1. The third-order valence-corrected chi connectivity index (χ3v) is 8.11. The molecule has 4 aromatic rings. The molecule has 0 radical (unpaired) electrons. The summed E-state index contributed by atoms with van der Waals surface area (Å²) in [5, 5.41) is 15.4. The number of anilines is 1. The summed E-state index contributed by atoms with van der Waals surface area (Å²) < 4.78 is 20.9. The zero-order valence-electron chi connectivity index (χ0n) is 23.8. The number of fused-ring (bicyclic) bond motifs is 2. The lowest BCUT2D eigenvalue weighted by Crippen LogP contribution is -2.29. The number of halogens is 1. The highest BCUT2D eigenvalue weighted by atomic mass is 35.5. The quantitative estimate of drug-likeness (QED) is 0.225. The minimum absolute atomic E-state index is 0.0359. The number of aromatic nitrogens is 4. The molecule has 2 fully saturated rings. The topological polar surface area (TPSA) is 150 Å². The summed E-state index contributed by atoms with van der Waals surface area (Å²) in [6, 6.07) is 14.0. The van der Waals surface area contributed by atoms with Crippen molar-refractivity contribution >= 4 is 46.7 Å². The Balaban J connectivity index is 1.25. The number of carbonyl (C=O) groups excluding carboxylic acids is 1. The fourth-order valence-corrected chi connectivity index (χ4v) is 5.99. The second kappa shape index (κ2) is 13.1. The molecule has 1 aliphatic carbocycles. The maximum atomic E-state index is 12.2. The van der Waals surface area contributed by atoms with Crippen molar-refractivity contribution in [3.63, 3.8) is 0 Å². The van der Waals surface area contributed by atoms with E-state index < -0.39 is 12.3 Å². The minimum Gasteiger partial charge on any atom is -0.478 e. The molecule has 1 aliphatic heterocycles. The van der Waals surface area contributed by atoms with E-state index in [0.717, 1.165) is 5.56 Å². The number of imidazole rings is 1. The van der Waals surface area contributed by atoms with Crippen LogP contribution in [0.4, 0.5) is 10.6 Å². The molecule has 1 saturated heterocycles. The monoisotopic (exact) mass is 618 g/mol. The number of rotatable bonds is 10. The fourth-order valence-electron chi connectivity index (χ4n) is 5.76. The zero-order chi connectivity index (χ0) is 30.6. The molecule has 3 N–H and O–H groups in total. The first-order chi connectivity index (χ1) is 21.4. The molecule has 3 heterocycles. The molecule has 6 rings (SSSR count). The van der Waals surface area contributed by atoms with Crippen molar-refractivity contribution in [3.05, 3.63) is 89.0 Å². The minimum atomic E-state index is -1.07. The predicted octanol–water partition coefficient (Wildman–Crippen LogP) is 4.92.